The zero-order valence-corrected chi connectivity index (χ0v) is 22.1. The van der Waals surface area contributed by atoms with Gasteiger partial charge in [0.1, 0.15) is 19.9 Å². The molecule has 0 heterocycles. The van der Waals surface area contributed by atoms with Gasteiger partial charge in [-0.2, -0.15) is 0 Å². The topological polar surface area (TPSA) is 97.7 Å². The first-order chi connectivity index (χ1) is 14.0. The zero-order valence-electron chi connectivity index (χ0n) is 15.5. The maximum atomic E-state index is 13.0. The van der Waals surface area contributed by atoms with Crippen molar-refractivity contribution in [2.24, 2.45) is 0 Å². The fourth-order valence-electron chi connectivity index (χ4n) is 3.23. The summed E-state index contributed by atoms with van der Waals surface area (Å²) < 4.78 is 36.2. The van der Waals surface area contributed by atoms with E-state index in [1.54, 1.807) is 6.07 Å². The van der Waals surface area contributed by atoms with Crippen LogP contribution in [0.25, 0.3) is 0 Å². The monoisotopic (exact) mass is 548 g/mol. The van der Waals surface area contributed by atoms with E-state index in [9.17, 15) is 23.2 Å². The summed E-state index contributed by atoms with van der Waals surface area (Å²) in [5.41, 5.74) is -0.923. The van der Waals surface area contributed by atoms with Gasteiger partial charge in [0.05, 0.1) is 20.1 Å². The van der Waals surface area contributed by atoms with Gasteiger partial charge in [-0.25, -0.2) is 8.42 Å². The Labute approximate surface area is 225 Å². The van der Waals surface area contributed by atoms with Gasteiger partial charge in [0, 0.05) is 11.1 Å². The Morgan fingerprint density at radius 3 is 1.84 bits per heavy atom. The number of benzene rings is 3. The number of phenolic OH excluding ortho intramolecular Hbond substituents is 2. The third-order valence-corrected chi connectivity index (χ3v) is 7.95. The van der Waals surface area contributed by atoms with Crippen molar-refractivity contribution >= 4 is 68.1 Å². The molecular formula is C19H10Cl5NaO5S. The van der Waals surface area contributed by atoms with E-state index in [-0.39, 0.29) is 50.7 Å². The van der Waals surface area contributed by atoms with Gasteiger partial charge in [0.25, 0.3) is 0 Å². The maximum absolute atomic E-state index is 13.0. The van der Waals surface area contributed by atoms with E-state index in [1.807, 2.05) is 0 Å². The van der Waals surface area contributed by atoms with Crippen molar-refractivity contribution in [3.05, 3.63) is 90.3 Å². The van der Waals surface area contributed by atoms with Gasteiger partial charge in [-0.3, -0.25) is 0 Å². The molecule has 3 aromatic carbocycles. The van der Waals surface area contributed by atoms with E-state index in [0.717, 1.165) is 0 Å². The molecule has 12 heteroatoms. The van der Waals surface area contributed by atoms with Crippen LogP contribution in [0.5, 0.6) is 11.5 Å². The summed E-state index contributed by atoms with van der Waals surface area (Å²) in [4.78, 5) is 0. The quantitative estimate of drug-likeness (QED) is 0.171. The minimum absolute atomic E-state index is 0. The van der Waals surface area contributed by atoms with E-state index < -0.39 is 47.0 Å². The second-order valence-corrected chi connectivity index (χ2v) is 9.56. The van der Waals surface area contributed by atoms with E-state index in [0.29, 0.717) is 0 Å². The summed E-state index contributed by atoms with van der Waals surface area (Å²) >= 11 is 31.0. The van der Waals surface area contributed by atoms with Crippen LogP contribution in [0.15, 0.2) is 48.5 Å². The first-order valence-electron chi connectivity index (χ1n) is 8.00. The number of hydrogen-bond donors (Lipinski definition) is 2. The van der Waals surface area contributed by atoms with E-state index in [4.69, 9.17) is 58.0 Å². The van der Waals surface area contributed by atoms with Crippen LogP contribution >= 0.6 is 58.0 Å². The summed E-state index contributed by atoms with van der Waals surface area (Å²) in [6.45, 7) is 0. The Balaban J connectivity index is 0.00000341. The van der Waals surface area contributed by atoms with Crippen LogP contribution in [0.3, 0.4) is 0 Å². The van der Waals surface area contributed by atoms with Gasteiger partial charge in [0.15, 0.2) is 11.5 Å². The van der Waals surface area contributed by atoms with Crippen LogP contribution in [0.2, 0.25) is 25.1 Å². The van der Waals surface area contributed by atoms with Crippen LogP contribution in [-0.4, -0.2) is 23.2 Å². The normalized spacial score (nSPS) is 13.4. The molecule has 0 amide bonds. The van der Waals surface area contributed by atoms with Crippen LogP contribution in [0, 0.1) is 0 Å². The van der Waals surface area contributed by atoms with Crippen molar-refractivity contribution in [1.82, 2.24) is 0 Å². The Bertz CT molecular complexity index is 1230. The van der Waals surface area contributed by atoms with Crippen molar-refractivity contribution in [3.63, 3.8) is 0 Å². The molecule has 5 nitrogen and oxygen atoms in total. The molecule has 0 aliphatic heterocycles. The Kier molecular flexibility index (Phi) is 8.54. The molecule has 0 spiro atoms. The molecule has 0 aromatic heterocycles. The first kappa shape index (κ1) is 26.9. The summed E-state index contributed by atoms with van der Waals surface area (Å²) in [6.07, 6.45) is 0. The molecule has 0 saturated heterocycles. The van der Waals surface area contributed by atoms with Gasteiger partial charge < -0.3 is 14.8 Å². The fourth-order valence-corrected chi connectivity index (χ4v) is 6.05. The molecule has 3 aromatic rings. The first-order valence-corrected chi connectivity index (χ1v) is 11.3. The molecule has 2 N–H and O–H groups in total. The van der Waals surface area contributed by atoms with E-state index in [1.165, 1.54) is 42.5 Å². The average Bonchev–Trinajstić information content (AvgIpc) is 2.70. The summed E-state index contributed by atoms with van der Waals surface area (Å²) in [5.74, 6) is -1.83. The minimum Gasteiger partial charge on any atom is -0.747 e. The molecule has 31 heavy (non-hydrogen) atoms. The Morgan fingerprint density at radius 1 is 0.742 bits per heavy atom. The smallest absolute Gasteiger partial charge is 0.747 e. The van der Waals surface area contributed by atoms with Gasteiger partial charge >= 0.3 is 29.6 Å². The zero-order chi connectivity index (χ0) is 22.4. The number of aromatic hydroxyl groups is 2. The second-order valence-electron chi connectivity index (χ2n) is 6.12. The molecule has 0 bridgehead atoms. The molecule has 0 aliphatic carbocycles. The molecule has 1 atom stereocenters. The Morgan fingerprint density at radius 2 is 1.29 bits per heavy atom. The molecule has 3 rings (SSSR count). The molecule has 0 aliphatic rings. The van der Waals surface area contributed by atoms with Crippen molar-refractivity contribution in [1.29, 1.82) is 0 Å². The molecule has 0 saturated carbocycles. The van der Waals surface area contributed by atoms with Gasteiger partial charge in [-0.1, -0.05) is 100 Å². The molecule has 158 valence electrons. The Hall–Kier alpha value is -0.380. The van der Waals surface area contributed by atoms with Crippen LogP contribution in [-0.2, 0) is 14.9 Å². The summed E-state index contributed by atoms with van der Waals surface area (Å²) in [7, 11) is -5.43. The van der Waals surface area contributed by atoms with Crippen LogP contribution in [0.4, 0.5) is 0 Å². The predicted molar refractivity (Wildman–Crippen MR) is 117 cm³/mol. The van der Waals surface area contributed by atoms with Crippen LogP contribution in [0.1, 0.15) is 16.7 Å². The number of rotatable bonds is 4. The van der Waals surface area contributed by atoms with Crippen molar-refractivity contribution in [3.8, 4) is 11.5 Å². The predicted octanol–water partition coefficient (Wildman–Crippen LogP) is 3.21. The van der Waals surface area contributed by atoms with Crippen molar-refractivity contribution < 1.29 is 52.7 Å². The number of halogens is 5. The van der Waals surface area contributed by atoms with Gasteiger partial charge in [0.2, 0.25) is 0 Å². The minimum atomic E-state index is -5.43. The van der Waals surface area contributed by atoms with Gasteiger partial charge in [-0.15, -0.1) is 0 Å². The summed E-state index contributed by atoms with van der Waals surface area (Å²) in [5, 5.41) is 18.1. The second kappa shape index (κ2) is 9.85. The van der Waals surface area contributed by atoms with Gasteiger partial charge in [-0.05, 0) is 11.6 Å². The third kappa shape index (κ3) is 4.28. The average molecular weight is 551 g/mol. The van der Waals surface area contributed by atoms with Crippen LogP contribution < -0.4 is 29.6 Å². The molecule has 0 fully saturated rings. The maximum Gasteiger partial charge on any atom is 1.00 e. The molecule has 1 unspecified atom stereocenters. The SMILES string of the molecule is O=S(=O)([O-])C(c1ccccc1)(c1cccc(Cl)c1Cl)c1c(Cl)c(O)c(O)c(Cl)c1Cl.[Na+]. The number of phenols is 2. The van der Waals surface area contributed by atoms with Crippen molar-refractivity contribution in [2.75, 3.05) is 0 Å². The van der Waals surface area contributed by atoms with E-state index in [2.05, 4.69) is 0 Å². The van der Waals surface area contributed by atoms with E-state index >= 15 is 0 Å². The standard InChI is InChI=1S/C19H11Cl5O5S.Na/c20-11-8-4-7-10(13(11)21)19(30(27,28)29,9-5-2-1-3-6-9)12-14(22)16(24)18(26)17(25)15(12)23;/h1-8,25-26H,(H,27,28,29);/q;+1/p-1. The molecular weight excluding hydrogens is 541 g/mol. The third-order valence-electron chi connectivity index (χ3n) is 4.51. The fraction of sp³-hybridized carbons (Fsp3) is 0.0526. The van der Waals surface area contributed by atoms with Crippen molar-refractivity contribution in [2.45, 2.75) is 4.75 Å². The summed E-state index contributed by atoms with van der Waals surface area (Å²) in [6, 6.07) is 11.3. The largest absolute Gasteiger partial charge is 1.00 e. The number of hydrogen-bond acceptors (Lipinski definition) is 5. The molecule has 0 radical (unpaired) electrons.